The Hall–Kier alpha value is -2.89. The van der Waals surface area contributed by atoms with Crippen molar-refractivity contribution < 1.29 is 19.4 Å². The van der Waals surface area contributed by atoms with Crippen LogP contribution in [-0.4, -0.2) is 35.1 Å². The van der Waals surface area contributed by atoms with Gasteiger partial charge in [-0.25, -0.2) is 9.78 Å². The second-order valence-electron chi connectivity index (χ2n) is 5.90. The summed E-state index contributed by atoms with van der Waals surface area (Å²) < 4.78 is 5.13. The van der Waals surface area contributed by atoms with Crippen LogP contribution < -0.4 is 10.1 Å². The van der Waals surface area contributed by atoms with Crippen molar-refractivity contribution in [2.75, 3.05) is 7.11 Å². The zero-order chi connectivity index (χ0) is 18.4. The number of benzene rings is 1. The second-order valence-corrected chi connectivity index (χ2v) is 5.90. The highest BCUT2D eigenvalue weighted by molar-refractivity contribution is 5.94. The van der Waals surface area contributed by atoms with Gasteiger partial charge >= 0.3 is 5.97 Å². The van der Waals surface area contributed by atoms with Gasteiger partial charge in [0, 0.05) is 6.04 Å². The first-order chi connectivity index (χ1) is 11.9. The normalized spacial score (nSPS) is 11.6. The number of rotatable bonds is 7. The summed E-state index contributed by atoms with van der Waals surface area (Å²) in [6.07, 6.45) is 1.61. The Morgan fingerprint density at radius 3 is 2.44 bits per heavy atom. The van der Waals surface area contributed by atoms with Crippen molar-refractivity contribution in [1.29, 1.82) is 0 Å². The molecule has 0 aliphatic carbocycles. The van der Waals surface area contributed by atoms with E-state index in [4.69, 9.17) is 9.84 Å². The molecule has 2 aromatic rings. The average molecular weight is 342 g/mol. The number of carbonyl (C=O) groups is 2. The highest BCUT2D eigenvalue weighted by Gasteiger charge is 2.14. The second kappa shape index (κ2) is 8.28. The van der Waals surface area contributed by atoms with E-state index >= 15 is 0 Å². The van der Waals surface area contributed by atoms with E-state index in [1.165, 1.54) is 17.7 Å². The van der Waals surface area contributed by atoms with Crippen molar-refractivity contribution in [2.24, 2.45) is 0 Å². The third-order valence-electron chi connectivity index (χ3n) is 3.95. The number of amides is 1. The Bertz CT molecular complexity index is 757. The molecule has 132 valence electrons. The van der Waals surface area contributed by atoms with Crippen LogP contribution in [0.25, 0.3) is 0 Å². The number of nitrogens with one attached hydrogen (secondary N) is 1. The molecule has 1 amide bonds. The number of carboxylic acid groups (broad SMARTS) is 1. The maximum absolute atomic E-state index is 12.2. The van der Waals surface area contributed by atoms with Gasteiger partial charge in [0.05, 0.1) is 18.4 Å². The summed E-state index contributed by atoms with van der Waals surface area (Å²) in [5, 5.41) is 11.9. The van der Waals surface area contributed by atoms with E-state index in [1.807, 2.05) is 31.2 Å². The molecule has 1 unspecified atom stereocenters. The molecular weight excluding hydrogens is 320 g/mol. The number of hydrogen-bond acceptors (Lipinski definition) is 4. The molecule has 0 aliphatic rings. The molecule has 0 saturated carbocycles. The molecule has 25 heavy (non-hydrogen) atoms. The minimum Gasteiger partial charge on any atom is -0.497 e. The van der Waals surface area contributed by atoms with Crippen molar-refractivity contribution in [3.05, 3.63) is 58.9 Å². The van der Waals surface area contributed by atoms with Gasteiger partial charge in [0.25, 0.3) is 5.91 Å². The fourth-order valence-corrected chi connectivity index (χ4v) is 2.46. The van der Waals surface area contributed by atoms with Crippen LogP contribution in [0.4, 0.5) is 0 Å². The van der Waals surface area contributed by atoms with Gasteiger partial charge in [-0.3, -0.25) is 4.79 Å². The van der Waals surface area contributed by atoms with E-state index in [9.17, 15) is 9.59 Å². The van der Waals surface area contributed by atoms with Gasteiger partial charge in [0.15, 0.2) is 0 Å². The minimum absolute atomic E-state index is 0.0316. The third-order valence-corrected chi connectivity index (χ3v) is 3.95. The molecule has 2 N–H and O–H groups in total. The van der Waals surface area contributed by atoms with Gasteiger partial charge in [-0.05, 0) is 56.5 Å². The molecule has 0 fully saturated rings. The van der Waals surface area contributed by atoms with E-state index in [0.717, 1.165) is 18.6 Å². The highest BCUT2D eigenvalue weighted by atomic mass is 16.5. The molecule has 6 nitrogen and oxygen atoms in total. The largest absolute Gasteiger partial charge is 0.497 e. The van der Waals surface area contributed by atoms with Crippen molar-refractivity contribution >= 4 is 11.9 Å². The lowest BCUT2D eigenvalue weighted by atomic mass is 10.1. The zero-order valence-electron chi connectivity index (χ0n) is 14.6. The quantitative estimate of drug-likeness (QED) is 0.808. The number of pyridine rings is 1. The molecule has 0 spiro atoms. The fourth-order valence-electron chi connectivity index (χ4n) is 2.46. The first-order valence-electron chi connectivity index (χ1n) is 8.05. The lowest BCUT2D eigenvalue weighted by Crippen LogP contribution is -2.33. The number of ether oxygens (including phenoxy) is 1. The number of aromatic carboxylic acids is 1. The van der Waals surface area contributed by atoms with Crippen LogP contribution in [0.2, 0.25) is 0 Å². The third kappa shape index (κ3) is 5.04. The summed E-state index contributed by atoms with van der Waals surface area (Å²) in [5.41, 5.74) is 1.82. The molecule has 1 aromatic heterocycles. The van der Waals surface area contributed by atoms with Crippen LogP contribution in [0.5, 0.6) is 5.75 Å². The monoisotopic (exact) mass is 342 g/mol. The minimum atomic E-state index is -1.05. The average Bonchev–Trinajstić information content (AvgIpc) is 2.60. The smallest absolute Gasteiger partial charge is 0.337 e. The molecule has 0 aliphatic heterocycles. The van der Waals surface area contributed by atoms with Crippen molar-refractivity contribution in [3.8, 4) is 5.75 Å². The predicted octanol–water partition coefficient (Wildman–Crippen LogP) is 2.85. The lowest BCUT2D eigenvalue weighted by Gasteiger charge is -2.14. The van der Waals surface area contributed by atoms with Gasteiger partial charge < -0.3 is 15.2 Å². The van der Waals surface area contributed by atoms with E-state index in [1.54, 1.807) is 14.0 Å². The SMILES string of the molecule is COc1ccc(CCC(C)NC(=O)c2ccc(C(=O)O)c(C)n2)cc1. The molecule has 6 heteroatoms. The number of aromatic nitrogens is 1. The van der Waals surface area contributed by atoms with Crippen LogP contribution in [0.15, 0.2) is 36.4 Å². The summed E-state index contributed by atoms with van der Waals surface area (Å²) in [6.45, 7) is 3.51. The highest BCUT2D eigenvalue weighted by Crippen LogP contribution is 2.13. The molecule has 1 aromatic carbocycles. The van der Waals surface area contributed by atoms with E-state index in [0.29, 0.717) is 5.69 Å². The molecule has 0 saturated heterocycles. The molecule has 0 radical (unpaired) electrons. The Morgan fingerprint density at radius 1 is 1.20 bits per heavy atom. The molecule has 2 rings (SSSR count). The number of hydrogen-bond donors (Lipinski definition) is 2. The number of carbonyl (C=O) groups excluding carboxylic acids is 1. The Morgan fingerprint density at radius 2 is 1.88 bits per heavy atom. The summed E-state index contributed by atoms with van der Waals surface area (Å²) in [7, 11) is 1.63. The first-order valence-corrected chi connectivity index (χ1v) is 8.05. The van der Waals surface area contributed by atoms with Crippen molar-refractivity contribution in [3.63, 3.8) is 0 Å². The topological polar surface area (TPSA) is 88.5 Å². The van der Waals surface area contributed by atoms with Gasteiger partial charge in [-0.15, -0.1) is 0 Å². The van der Waals surface area contributed by atoms with Crippen LogP contribution >= 0.6 is 0 Å². The van der Waals surface area contributed by atoms with Gasteiger partial charge in [-0.1, -0.05) is 12.1 Å². The van der Waals surface area contributed by atoms with Crippen molar-refractivity contribution in [1.82, 2.24) is 10.3 Å². The van der Waals surface area contributed by atoms with Gasteiger partial charge in [0.2, 0.25) is 0 Å². The van der Waals surface area contributed by atoms with Crippen LogP contribution in [0.1, 0.15) is 45.4 Å². The van der Waals surface area contributed by atoms with E-state index in [2.05, 4.69) is 10.3 Å². The zero-order valence-corrected chi connectivity index (χ0v) is 14.6. The fraction of sp³-hybridized carbons (Fsp3) is 0.316. The van der Waals surface area contributed by atoms with Crippen LogP contribution in [-0.2, 0) is 6.42 Å². The summed E-state index contributed by atoms with van der Waals surface area (Å²) >= 11 is 0. The molecular formula is C19H22N2O4. The summed E-state index contributed by atoms with van der Waals surface area (Å²) in [4.78, 5) is 27.3. The number of carboxylic acids is 1. The lowest BCUT2D eigenvalue weighted by molar-refractivity contribution is 0.0694. The van der Waals surface area contributed by atoms with Crippen LogP contribution in [0, 0.1) is 6.92 Å². The number of nitrogens with zero attached hydrogens (tertiary/aromatic N) is 1. The number of methoxy groups -OCH3 is 1. The maximum atomic E-state index is 12.2. The number of aryl methyl sites for hydroxylation is 2. The molecule has 1 atom stereocenters. The summed E-state index contributed by atoms with van der Waals surface area (Å²) in [6, 6.07) is 10.6. The van der Waals surface area contributed by atoms with Gasteiger partial charge in [0.1, 0.15) is 11.4 Å². The van der Waals surface area contributed by atoms with E-state index in [-0.39, 0.29) is 23.2 Å². The molecule has 1 heterocycles. The van der Waals surface area contributed by atoms with Crippen molar-refractivity contribution in [2.45, 2.75) is 32.7 Å². The Balaban J connectivity index is 1.91. The standard InChI is InChI=1S/C19H22N2O4/c1-12(4-5-14-6-8-15(25-3)9-7-14)20-18(22)17-11-10-16(19(23)24)13(2)21-17/h6-12H,4-5H2,1-3H3,(H,20,22)(H,23,24). The van der Waals surface area contributed by atoms with Crippen LogP contribution in [0.3, 0.4) is 0 Å². The van der Waals surface area contributed by atoms with Gasteiger partial charge in [-0.2, -0.15) is 0 Å². The Kier molecular flexibility index (Phi) is 6.11. The van der Waals surface area contributed by atoms with E-state index < -0.39 is 5.97 Å². The molecule has 0 bridgehead atoms. The maximum Gasteiger partial charge on any atom is 0.337 e. The first kappa shape index (κ1) is 18.4. The summed E-state index contributed by atoms with van der Waals surface area (Å²) in [5.74, 6) is -0.538. The predicted molar refractivity (Wildman–Crippen MR) is 94.2 cm³/mol. The Labute approximate surface area is 146 Å².